The monoisotopic (exact) mass is 369 g/mol. The van der Waals surface area contributed by atoms with Crippen molar-refractivity contribution in [3.8, 4) is 11.5 Å². The quantitative estimate of drug-likeness (QED) is 0.817. The summed E-state index contributed by atoms with van der Waals surface area (Å²) in [7, 11) is 0. The molecule has 1 saturated carbocycles. The van der Waals surface area contributed by atoms with Crippen LogP contribution >= 0.6 is 11.6 Å². The molecular weight excluding hydrogens is 350 g/mol. The lowest BCUT2D eigenvalue weighted by molar-refractivity contribution is 0.0728. The molecule has 1 aliphatic carbocycles. The van der Waals surface area contributed by atoms with Crippen molar-refractivity contribution >= 4 is 17.5 Å². The minimum atomic E-state index is 0.0401. The normalized spacial score (nSPS) is 17.3. The third kappa shape index (κ3) is 2.73. The Labute approximate surface area is 157 Å². The van der Waals surface area contributed by atoms with Gasteiger partial charge in [0.2, 0.25) is 0 Å². The molecule has 2 aromatic rings. The lowest BCUT2D eigenvalue weighted by atomic mass is 9.98. The fraction of sp³-hybridized carbons (Fsp3) is 0.381. The first kappa shape index (κ1) is 16.0. The molecule has 2 aliphatic heterocycles. The highest BCUT2D eigenvalue weighted by Crippen LogP contribution is 2.42. The molecule has 134 valence electrons. The van der Waals surface area contributed by atoms with Crippen LogP contribution in [-0.2, 0) is 19.4 Å². The molecule has 2 aromatic carbocycles. The second-order valence-corrected chi connectivity index (χ2v) is 7.63. The van der Waals surface area contributed by atoms with E-state index in [0.29, 0.717) is 36.4 Å². The maximum Gasteiger partial charge on any atom is 0.254 e. The molecule has 1 amide bonds. The van der Waals surface area contributed by atoms with Crippen LogP contribution in [0.1, 0.15) is 39.9 Å². The Morgan fingerprint density at radius 2 is 2.00 bits per heavy atom. The van der Waals surface area contributed by atoms with E-state index in [1.165, 1.54) is 11.1 Å². The second-order valence-electron chi connectivity index (χ2n) is 7.19. The minimum absolute atomic E-state index is 0.0401. The van der Waals surface area contributed by atoms with Gasteiger partial charge in [0.1, 0.15) is 11.5 Å². The topological polar surface area (TPSA) is 38.8 Å². The van der Waals surface area contributed by atoms with E-state index in [0.717, 1.165) is 42.7 Å². The van der Waals surface area contributed by atoms with Crippen molar-refractivity contribution in [3.63, 3.8) is 0 Å². The lowest BCUT2D eigenvalue weighted by Gasteiger charge is -2.25. The highest BCUT2D eigenvalue weighted by atomic mass is 35.5. The van der Waals surface area contributed by atoms with E-state index in [1.807, 2.05) is 17.0 Å². The summed E-state index contributed by atoms with van der Waals surface area (Å²) in [5.41, 5.74) is 4.18. The van der Waals surface area contributed by atoms with Crippen molar-refractivity contribution in [3.05, 3.63) is 57.6 Å². The molecular formula is C21H20ClNO3. The predicted molar refractivity (Wildman–Crippen MR) is 99.2 cm³/mol. The van der Waals surface area contributed by atoms with Crippen molar-refractivity contribution in [1.29, 1.82) is 0 Å². The zero-order valence-corrected chi connectivity index (χ0v) is 15.2. The summed E-state index contributed by atoms with van der Waals surface area (Å²) in [5, 5.41) is 0.588. The number of ether oxygens (including phenoxy) is 2. The van der Waals surface area contributed by atoms with Gasteiger partial charge in [0.15, 0.2) is 0 Å². The van der Waals surface area contributed by atoms with Crippen LogP contribution < -0.4 is 9.47 Å². The van der Waals surface area contributed by atoms with Crippen molar-refractivity contribution in [2.75, 3.05) is 13.2 Å². The molecule has 5 heteroatoms. The Morgan fingerprint density at radius 3 is 2.81 bits per heavy atom. The maximum absolute atomic E-state index is 13.2. The average Bonchev–Trinajstić information content (AvgIpc) is 3.18. The lowest BCUT2D eigenvalue weighted by Crippen LogP contribution is -2.33. The van der Waals surface area contributed by atoms with Gasteiger partial charge in [0, 0.05) is 46.2 Å². The summed E-state index contributed by atoms with van der Waals surface area (Å²) < 4.78 is 11.8. The van der Waals surface area contributed by atoms with E-state index in [2.05, 4.69) is 6.07 Å². The molecule has 0 bridgehead atoms. The Kier molecular flexibility index (Phi) is 3.82. The number of carbonyl (C=O) groups is 1. The molecule has 26 heavy (non-hydrogen) atoms. The number of hydrogen-bond donors (Lipinski definition) is 0. The number of benzene rings is 2. The molecule has 0 radical (unpaired) electrons. The largest absolute Gasteiger partial charge is 0.493 e. The number of nitrogens with zero attached hydrogens (tertiary/aromatic N) is 1. The van der Waals surface area contributed by atoms with Gasteiger partial charge in [0.25, 0.3) is 5.91 Å². The number of hydrogen-bond acceptors (Lipinski definition) is 3. The van der Waals surface area contributed by atoms with Gasteiger partial charge in [0.05, 0.1) is 19.8 Å². The van der Waals surface area contributed by atoms with Crippen LogP contribution in [-0.4, -0.2) is 30.1 Å². The molecule has 1 fully saturated rings. The number of halogens is 1. The van der Waals surface area contributed by atoms with Crippen molar-refractivity contribution in [2.45, 2.75) is 38.3 Å². The SMILES string of the molecule is O=C(c1cccc(Cl)c1)N(Cc1c2c(cc3c1OCC3)OCC2)C1CC1. The van der Waals surface area contributed by atoms with E-state index in [9.17, 15) is 4.79 Å². The first-order valence-electron chi connectivity index (χ1n) is 9.20. The number of carbonyl (C=O) groups excluding carboxylic acids is 1. The highest BCUT2D eigenvalue weighted by Gasteiger charge is 2.36. The summed E-state index contributed by atoms with van der Waals surface area (Å²) in [5.74, 6) is 1.98. The summed E-state index contributed by atoms with van der Waals surface area (Å²) >= 11 is 6.10. The summed E-state index contributed by atoms with van der Waals surface area (Å²) in [6.07, 6.45) is 3.90. The fourth-order valence-corrected chi connectivity index (χ4v) is 4.15. The average molecular weight is 370 g/mol. The Hall–Kier alpha value is -2.20. The Morgan fingerprint density at radius 1 is 1.15 bits per heavy atom. The van der Waals surface area contributed by atoms with E-state index in [1.54, 1.807) is 12.1 Å². The van der Waals surface area contributed by atoms with Gasteiger partial charge in [-0.3, -0.25) is 4.79 Å². The van der Waals surface area contributed by atoms with Crippen LogP contribution in [0.3, 0.4) is 0 Å². The number of amides is 1. The molecule has 4 nitrogen and oxygen atoms in total. The van der Waals surface area contributed by atoms with E-state index >= 15 is 0 Å². The fourth-order valence-electron chi connectivity index (χ4n) is 3.96. The van der Waals surface area contributed by atoms with Crippen molar-refractivity contribution < 1.29 is 14.3 Å². The highest BCUT2D eigenvalue weighted by molar-refractivity contribution is 6.30. The zero-order chi connectivity index (χ0) is 17.7. The summed E-state index contributed by atoms with van der Waals surface area (Å²) in [6.45, 7) is 1.98. The van der Waals surface area contributed by atoms with Crippen molar-refractivity contribution in [2.24, 2.45) is 0 Å². The molecule has 5 rings (SSSR count). The Bertz CT molecular complexity index is 859. The number of fused-ring (bicyclic) bond motifs is 2. The molecule has 0 N–H and O–H groups in total. The van der Waals surface area contributed by atoms with Crippen molar-refractivity contribution in [1.82, 2.24) is 4.90 Å². The maximum atomic E-state index is 13.2. The molecule has 3 aliphatic rings. The molecule has 0 aromatic heterocycles. The van der Waals surface area contributed by atoms with Crippen LogP contribution in [0.5, 0.6) is 11.5 Å². The predicted octanol–water partition coefficient (Wildman–Crippen LogP) is 4.01. The van der Waals surface area contributed by atoms with Gasteiger partial charge in [-0.05, 0) is 37.1 Å². The van der Waals surface area contributed by atoms with Gasteiger partial charge in [-0.25, -0.2) is 0 Å². The van der Waals surface area contributed by atoms with Crippen LogP contribution in [0, 0.1) is 0 Å². The van der Waals surface area contributed by atoms with Crippen LogP contribution in [0.25, 0.3) is 0 Å². The van der Waals surface area contributed by atoms with Gasteiger partial charge in [-0.2, -0.15) is 0 Å². The standard InChI is InChI=1S/C21H20ClNO3/c22-15-3-1-2-14(10-15)21(24)23(16-4-5-16)12-18-17-7-9-25-19(17)11-13-6-8-26-20(13)18/h1-3,10-11,16H,4-9,12H2. The van der Waals surface area contributed by atoms with Gasteiger partial charge < -0.3 is 14.4 Å². The Balaban J connectivity index is 1.52. The number of rotatable bonds is 4. The molecule has 0 spiro atoms. The molecule has 0 saturated heterocycles. The van der Waals surface area contributed by atoms with Crippen LogP contribution in [0.4, 0.5) is 0 Å². The van der Waals surface area contributed by atoms with Crippen LogP contribution in [0.2, 0.25) is 5.02 Å². The van der Waals surface area contributed by atoms with E-state index in [-0.39, 0.29) is 5.91 Å². The van der Waals surface area contributed by atoms with Gasteiger partial charge in [-0.15, -0.1) is 0 Å². The first-order valence-corrected chi connectivity index (χ1v) is 9.58. The zero-order valence-electron chi connectivity index (χ0n) is 14.5. The van der Waals surface area contributed by atoms with E-state index in [4.69, 9.17) is 21.1 Å². The minimum Gasteiger partial charge on any atom is -0.493 e. The van der Waals surface area contributed by atoms with Gasteiger partial charge >= 0.3 is 0 Å². The molecule has 0 atom stereocenters. The van der Waals surface area contributed by atoms with Gasteiger partial charge in [-0.1, -0.05) is 17.7 Å². The molecule has 0 unspecified atom stereocenters. The summed E-state index contributed by atoms with van der Waals surface area (Å²) in [6, 6.07) is 9.63. The third-order valence-corrected chi connectivity index (χ3v) is 5.64. The van der Waals surface area contributed by atoms with Crippen LogP contribution in [0.15, 0.2) is 30.3 Å². The molecule has 2 heterocycles. The first-order chi connectivity index (χ1) is 12.7. The third-order valence-electron chi connectivity index (χ3n) is 5.41. The second kappa shape index (κ2) is 6.20. The summed E-state index contributed by atoms with van der Waals surface area (Å²) in [4.78, 5) is 15.2. The van der Waals surface area contributed by atoms with E-state index < -0.39 is 0 Å². The smallest absolute Gasteiger partial charge is 0.254 e.